The van der Waals surface area contributed by atoms with E-state index in [1.165, 1.54) is 22.1 Å². The summed E-state index contributed by atoms with van der Waals surface area (Å²) >= 11 is 1.53. The van der Waals surface area contributed by atoms with Gasteiger partial charge in [-0.3, -0.25) is 14.6 Å². The van der Waals surface area contributed by atoms with Crippen LogP contribution in [-0.4, -0.2) is 32.8 Å². The second kappa shape index (κ2) is 8.57. The van der Waals surface area contributed by atoms with Gasteiger partial charge in [-0.1, -0.05) is 19.9 Å². The molecule has 158 valence electrons. The summed E-state index contributed by atoms with van der Waals surface area (Å²) in [6.07, 6.45) is 0. The number of aromatic amines is 1. The van der Waals surface area contributed by atoms with E-state index in [1.54, 1.807) is 37.4 Å². The van der Waals surface area contributed by atoms with Crippen molar-refractivity contribution in [2.75, 3.05) is 12.4 Å². The van der Waals surface area contributed by atoms with Crippen LogP contribution in [0.3, 0.4) is 0 Å². The van der Waals surface area contributed by atoms with Gasteiger partial charge < -0.3 is 10.1 Å². The topological polar surface area (TPSA) is 102 Å². The quantitative estimate of drug-likeness (QED) is 0.475. The Hall–Kier alpha value is -3.72. The highest BCUT2D eigenvalue weighted by atomic mass is 32.1. The second-order valence-electron chi connectivity index (χ2n) is 7.14. The smallest absolute Gasteiger partial charge is 0.256 e. The molecule has 2 N–H and O–H groups in total. The Kier molecular flexibility index (Phi) is 5.68. The normalized spacial score (nSPS) is 11.0. The van der Waals surface area contributed by atoms with Crippen molar-refractivity contribution in [3.63, 3.8) is 0 Å². The van der Waals surface area contributed by atoms with E-state index in [9.17, 15) is 9.59 Å². The number of methoxy groups -OCH3 is 1. The van der Waals surface area contributed by atoms with Crippen LogP contribution < -0.4 is 15.6 Å². The van der Waals surface area contributed by atoms with Crippen molar-refractivity contribution in [3.8, 4) is 22.3 Å². The summed E-state index contributed by atoms with van der Waals surface area (Å²) in [6, 6.07) is 13.9. The third-order valence-corrected chi connectivity index (χ3v) is 5.51. The number of H-pyrrole nitrogens is 1. The van der Waals surface area contributed by atoms with E-state index < -0.39 is 0 Å². The molecular weight excluding hydrogens is 414 g/mol. The molecule has 1 amide bonds. The number of hydrogen-bond donors (Lipinski definition) is 2. The molecule has 0 saturated carbocycles. The SMILES string of the molecule is COc1ccc(C(=O)Nc2cc(-c3cccs3)nn2-c2nc(C(C)C)cc(=O)[nH]2)cc1. The average Bonchev–Trinajstić information content (AvgIpc) is 3.43. The summed E-state index contributed by atoms with van der Waals surface area (Å²) in [6.45, 7) is 3.91. The van der Waals surface area contributed by atoms with E-state index in [0.29, 0.717) is 28.5 Å². The number of benzene rings is 1. The Morgan fingerprint density at radius 2 is 1.97 bits per heavy atom. The lowest BCUT2D eigenvalue weighted by atomic mass is 10.1. The van der Waals surface area contributed by atoms with E-state index in [4.69, 9.17) is 4.74 Å². The molecule has 0 bridgehead atoms. The summed E-state index contributed by atoms with van der Waals surface area (Å²) < 4.78 is 6.59. The number of amides is 1. The molecule has 0 aliphatic heterocycles. The molecule has 8 nitrogen and oxygen atoms in total. The molecule has 0 radical (unpaired) electrons. The first-order chi connectivity index (χ1) is 14.9. The first kappa shape index (κ1) is 20.5. The van der Waals surface area contributed by atoms with Gasteiger partial charge in [0.25, 0.3) is 11.5 Å². The van der Waals surface area contributed by atoms with Crippen LogP contribution in [0.15, 0.2) is 58.7 Å². The van der Waals surface area contributed by atoms with Crippen molar-refractivity contribution >= 4 is 23.1 Å². The van der Waals surface area contributed by atoms with E-state index in [-0.39, 0.29) is 23.3 Å². The molecule has 31 heavy (non-hydrogen) atoms. The number of rotatable bonds is 6. The highest BCUT2D eigenvalue weighted by Crippen LogP contribution is 2.28. The number of ether oxygens (including phenoxy) is 1. The van der Waals surface area contributed by atoms with Crippen LogP contribution in [0.25, 0.3) is 16.5 Å². The van der Waals surface area contributed by atoms with Crippen molar-refractivity contribution in [1.82, 2.24) is 19.7 Å². The third-order valence-electron chi connectivity index (χ3n) is 4.62. The van der Waals surface area contributed by atoms with E-state index >= 15 is 0 Å². The molecule has 0 aliphatic carbocycles. The second-order valence-corrected chi connectivity index (χ2v) is 8.08. The van der Waals surface area contributed by atoms with Gasteiger partial charge in [0.2, 0.25) is 5.95 Å². The molecule has 0 unspecified atom stereocenters. The fourth-order valence-corrected chi connectivity index (χ4v) is 3.65. The average molecular weight is 436 g/mol. The number of nitrogens with zero attached hydrogens (tertiary/aromatic N) is 3. The van der Waals surface area contributed by atoms with Gasteiger partial charge in [-0.05, 0) is 41.6 Å². The fourth-order valence-electron chi connectivity index (χ4n) is 2.97. The largest absolute Gasteiger partial charge is 0.497 e. The van der Waals surface area contributed by atoms with Crippen molar-refractivity contribution in [2.45, 2.75) is 19.8 Å². The Morgan fingerprint density at radius 1 is 1.19 bits per heavy atom. The van der Waals surface area contributed by atoms with Crippen LogP contribution >= 0.6 is 11.3 Å². The van der Waals surface area contributed by atoms with Gasteiger partial charge in [0.05, 0.1) is 17.7 Å². The molecule has 0 saturated heterocycles. The zero-order valence-electron chi connectivity index (χ0n) is 17.2. The zero-order chi connectivity index (χ0) is 22.0. The van der Waals surface area contributed by atoms with Gasteiger partial charge in [0.15, 0.2) is 0 Å². The highest BCUT2D eigenvalue weighted by Gasteiger charge is 2.18. The van der Waals surface area contributed by atoms with Gasteiger partial charge in [-0.2, -0.15) is 9.78 Å². The first-order valence-corrected chi connectivity index (χ1v) is 10.5. The number of carbonyl (C=O) groups excluding carboxylic acids is 1. The predicted octanol–water partition coefficient (Wildman–Crippen LogP) is 4.07. The Bertz CT molecular complexity index is 1260. The molecule has 0 aliphatic rings. The van der Waals surface area contributed by atoms with E-state index in [1.807, 2.05) is 31.4 Å². The van der Waals surface area contributed by atoms with Crippen LogP contribution in [0.1, 0.15) is 35.8 Å². The van der Waals surface area contributed by atoms with Crippen molar-refractivity contribution in [1.29, 1.82) is 0 Å². The molecule has 1 aromatic carbocycles. The Morgan fingerprint density at radius 3 is 2.61 bits per heavy atom. The van der Waals surface area contributed by atoms with Gasteiger partial charge >= 0.3 is 0 Å². The molecule has 0 spiro atoms. The van der Waals surface area contributed by atoms with Crippen LogP contribution in [0.2, 0.25) is 0 Å². The summed E-state index contributed by atoms with van der Waals surface area (Å²) in [4.78, 5) is 33.2. The minimum atomic E-state index is -0.316. The summed E-state index contributed by atoms with van der Waals surface area (Å²) in [7, 11) is 1.57. The number of carbonyl (C=O) groups is 1. The van der Waals surface area contributed by atoms with Crippen LogP contribution in [-0.2, 0) is 0 Å². The number of nitrogens with one attached hydrogen (secondary N) is 2. The van der Waals surface area contributed by atoms with Crippen molar-refractivity contribution < 1.29 is 9.53 Å². The molecule has 0 fully saturated rings. The number of hydrogen-bond acceptors (Lipinski definition) is 6. The highest BCUT2D eigenvalue weighted by molar-refractivity contribution is 7.13. The van der Waals surface area contributed by atoms with E-state index in [0.717, 1.165) is 4.88 Å². The first-order valence-electron chi connectivity index (χ1n) is 9.65. The maximum atomic E-state index is 12.9. The summed E-state index contributed by atoms with van der Waals surface area (Å²) in [5, 5.41) is 9.42. The monoisotopic (exact) mass is 435 g/mol. The predicted molar refractivity (Wildman–Crippen MR) is 120 cm³/mol. The third kappa shape index (κ3) is 4.41. The maximum Gasteiger partial charge on any atom is 0.256 e. The Labute approximate surface area is 182 Å². The molecular formula is C22H21N5O3S. The van der Waals surface area contributed by atoms with E-state index in [2.05, 4.69) is 20.4 Å². The minimum Gasteiger partial charge on any atom is -0.497 e. The molecule has 3 aromatic heterocycles. The lowest BCUT2D eigenvalue weighted by Crippen LogP contribution is -2.19. The van der Waals surface area contributed by atoms with Gasteiger partial charge in [0, 0.05) is 17.7 Å². The van der Waals surface area contributed by atoms with Gasteiger partial charge in [0.1, 0.15) is 17.3 Å². The lowest BCUT2D eigenvalue weighted by molar-refractivity contribution is 0.102. The van der Waals surface area contributed by atoms with Crippen molar-refractivity contribution in [2.24, 2.45) is 0 Å². The number of aromatic nitrogens is 4. The molecule has 4 rings (SSSR count). The molecule has 3 heterocycles. The lowest BCUT2D eigenvalue weighted by Gasteiger charge is -2.10. The van der Waals surface area contributed by atoms with Gasteiger partial charge in [-0.25, -0.2) is 4.98 Å². The molecule has 9 heteroatoms. The number of anilines is 1. The summed E-state index contributed by atoms with van der Waals surface area (Å²) in [5.41, 5.74) is 1.48. The zero-order valence-corrected chi connectivity index (χ0v) is 18.1. The summed E-state index contributed by atoms with van der Waals surface area (Å²) in [5.74, 6) is 1.04. The standard InChI is InChI=1S/C22H21N5O3S/c1-13(2)16-12-20(28)25-22(23-16)27-19(11-17(26-27)18-5-4-10-31-18)24-21(29)14-6-8-15(30-3)9-7-14/h4-13H,1-3H3,(H,24,29)(H,23,25,28). The van der Waals surface area contributed by atoms with Crippen LogP contribution in [0.5, 0.6) is 5.75 Å². The molecule has 0 atom stereocenters. The maximum absolute atomic E-state index is 12.9. The van der Waals surface area contributed by atoms with Crippen LogP contribution in [0, 0.1) is 0 Å². The number of thiophene rings is 1. The molecule has 4 aromatic rings. The Balaban J connectivity index is 1.76. The fraction of sp³-hybridized carbons (Fsp3) is 0.182. The van der Waals surface area contributed by atoms with Crippen LogP contribution in [0.4, 0.5) is 5.82 Å². The minimum absolute atomic E-state index is 0.0609. The van der Waals surface area contributed by atoms with Gasteiger partial charge in [-0.15, -0.1) is 11.3 Å². The van der Waals surface area contributed by atoms with Crippen molar-refractivity contribution in [3.05, 3.63) is 75.5 Å².